The van der Waals surface area contributed by atoms with Gasteiger partial charge in [0, 0.05) is 18.4 Å². The van der Waals surface area contributed by atoms with Crippen molar-refractivity contribution in [3.63, 3.8) is 0 Å². The average molecular weight is 169 g/mol. The lowest BCUT2D eigenvalue weighted by molar-refractivity contribution is -0.120. The topological polar surface area (TPSA) is 43.1 Å². The van der Waals surface area contributed by atoms with Crippen LogP contribution in [0.15, 0.2) is 12.7 Å². The van der Waals surface area contributed by atoms with Gasteiger partial charge in [-0.3, -0.25) is 4.79 Å². The number of ketones is 1. The van der Waals surface area contributed by atoms with E-state index < -0.39 is 0 Å². The Bertz CT molecular complexity index is 156. The van der Waals surface area contributed by atoms with Gasteiger partial charge >= 0.3 is 0 Å². The minimum absolute atomic E-state index is 0.254. The van der Waals surface area contributed by atoms with Crippen LogP contribution < -0.4 is 5.73 Å². The van der Waals surface area contributed by atoms with Crippen LogP contribution >= 0.6 is 0 Å². The zero-order chi connectivity index (χ0) is 9.61. The Hall–Kier alpha value is -0.630. The van der Waals surface area contributed by atoms with Gasteiger partial charge in [-0.05, 0) is 26.7 Å². The molecule has 2 heteroatoms. The van der Waals surface area contributed by atoms with E-state index in [-0.39, 0.29) is 11.3 Å². The first-order valence-electron chi connectivity index (χ1n) is 4.37. The van der Waals surface area contributed by atoms with E-state index in [1.165, 1.54) is 0 Å². The second kappa shape index (κ2) is 5.09. The van der Waals surface area contributed by atoms with Gasteiger partial charge in [-0.25, -0.2) is 0 Å². The molecule has 0 rings (SSSR count). The summed E-state index contributed by atoms with van der Waals surface area (Å²) in [5.74, 6) is 0.254. The van der Waals surface area contributed by atoms with Crippen molar-refractivity contribution < 1.29 is 4.79 Å². The maximum Gasteiger partial charge on any atom is 0.134 e. The van der Waals surface area contributed by atoms with E-state index in [2.05, 4.69) is 6.58 Å². The highest BCUT2D eigenvalue weighted by molar-refractivity contribution is 5.79. The Kier molecular flexibility index (Phi) is 4.83. The second-order valence-corrected chi connectivity index (χ2v) is 3.88. The molecular weight excluding hydrogens is 150 g/mol. The Morgan fingerprint density at radius 3 is 2.58 bits per heavy atom. The summed E-state index contributed by atoms with van der Waals surface area (Å²) >= 11 is 0. The molecule has 0 saturated carbocycles. The molecule has 0 aliphatic carbocycles. The molecule has 0 saturated heterocycles. The van der Waals surface area contributed by atoms with Crippen molar-refractivity contribution >= 4 is 5.78 Å². The molecule has 0 atom stereocenters. The highest BCUT2D eigenvalue weighted by atomic mass is 16.1. The lowest BCUT2D eigenvalue weighted by Crippen LogP contribution is -2.34. The van der Waals surface area contributed by atoms with E-state index in [0.717, 1.165) is 12.8 Å². The Morgan fingerprint density at radius 2 is 2.17 bits per heavy atom. The van der Waals surface area contributed by atoms with Crippen LogP contribution in [0.2, 0.25) is 0 Å². The first-order chi connectivity index (χ1) is 5.45. The maximum absolute atomic E-state index is 11.2. The van der Waals surface area contributed by atoms with Gasteiger partial charge < -0.3 is 5.73 Å². The number of allylic oxidation sites excluding steroid dienone is 1. The standard InChI is InChI=1S/C10H19NO/c1-4-5-6-7-9(12)8-10(2,3)11/h4H,1,5-8,11H2,2-3H3. The average Bonchev–Trinajstić information content (AvgIpc) is 1.84. The third-order valence-corrected chi connectivity index (χ3v) is 1.52. The van der Waals surface area contributed by atoms with Gasteiger partial charge in [0.2, 0.25) is 0 Å². The number of unbranched alkanes of at least 4 members (excludes halogenated alkanes) is 1. The summed E-state index contributed by atoms with van der Waals surface area (Å²) < 4.78 is 0. The number of hydrogen-bond donors (Lipinski definition) is 1. The van der Waals surface area contributed by atoms with Crippen molar-refractivity contribution in [3.05, 3.63) is 12.7 Å². The summed E-state index contributed by atoms with van der Waals surface area (Å²) in [5.41, 5.74) is 5.34. The predicted octanol–water partition coefficient (Wildman–Crippen LogP) is 2.04. The predicted molar refractivity (Wildman–Crippen MR) is 51.9 cm³/mol. The minimum Gasteiger partial charge on any atom is -0.325 e. The Balaban J connectivity index is 3.53. The lowest BCUT2D eigenvalue weighted by Gasteiger charge is -2.16. The third-order valence-electron chi connectivity index (χ3n) is 1.52. The van der Waals surface area contributed by atoms with E-state index >= 15 is 0 Å². The summed E-state index contributed by atoms with van der Waals surface area (Å²) in [6.07, 6.45) is 4.76. The van der Waals surface area contributed by atoms with Crippen LogP contribution in [-0.4, -0.2) is 11.3 Å². The fourth-order valence-electron chi connectivity index (χ4n) is 1.04. The number of nitrogens with two attached hydrogens (primary N) is 1. The number of Topliss-reactive ketones (excluding diaryl/α,β-unsaturated/α-hetero) is 1. The number of rotatable bonds is 6. The van der Waals surface area contributed by atoms with Crippen LogP contribution in [0.5, 0.6) is 0 Å². The van der Waals surface area contributed by atoms with Crippen LogP contribution in [-0.2, 0) is 4.79 Å². The quantitative estimate of drug-likeness (QED) is 0.488. The molecule has 70 valence electrons. The van der Waals surface area contributed by atoms with E-state index in [4.69, 9.17) is 5.73 Å². The van der Waals surface area contributed by atoms with Crippen molar-refractivity contribution in [1.82, 2.24) is 0 Å². The molecule has 0 aliphatic rings. The number of carbonyl (C=O) groups excluding carboxylic acids is 1. The summed E-state index contributed by atoms with van der Waals surface area (Å²) in [7, 11) is 0. The van der Waals surface area contributed by atoms with Gasteiger partial charge in [0.1, 0.15) is 5.78 Å². The molecule has 0 aromatic rings. The molecular formula is C10H19NO. The highest BCUT2D eigenvalue weighted by Crippen LogP contribution is 2.08. The van der Waals surface area contributed by atoms with Gasteiger partial charge in [-0.2, -0.15) is 0 Å². The van der Waals surface area contributed by atoms with Gasteiger partial charge in [-0.15, -0.1) is 6.58 Å². The third kappa shape index (κ3) is 7.48. The molecule has 0 spiro atoms. The SMILES string of the molecule is C=CCCCC(=O)CC(C)(C)N. The first-order valence-corrected chi connectivity index (χ1v) is 4.37. The zero-order valence-corrected chi connectivity index (χ0v) is 8.10. The van der Waals surface area contributed by atoms with Crippen molar-refractivity contribution in [2.24, 2.45) is 5.73 Å². The fourth-order valence-corrected chi connectivity index (χ4v) is 1.04. The van der Waals surface area contributed by atoms with Crippen molar-refractivity contribution in [2.45, 2.75) is 45.1 Å². The number of hydrogen-bond acceptors (Lipinski definition) is 2. The van der Waals surface area contributed by atoms with Crippen LogP contribution in [0.4, 0.5) is 0 Å². The summed E-state index contributed by atoms with van der Waals surface area (Å²) in [5, 5.41) is 0. The molecule has 0 aromatic heterocycles. The van der Waals surface area contributed by atoms with Crippen LogP contribution in [0.3, 0.4) is 0 Å². The summed E-state index contributed by atoms with van der Waals surface area (Å²) in [6.45, 7) is 7.34. The first kappa shape index (κ1) is 11.4. The minimum atomic E-state index is -0.356. The van der Waals surface area contributed by atoms with Gasteiger partial charge in [-0.1, -0.05) is 6.08 Å². The Labute approximate surface area is 74.8 Å². The van der Waals surface area contributed by atoms with Crippen molar-refractivity contribution in [1.29, 1.82) is 0 Å². The molecule has 2 N–H and O–H groups in total. The normalized spacial score (nSPS) is 11.2. The number of carbonyl (C=O) groups is 1. The molecule has 0 heterocycles. The second-order valence-electron chi connectivity index (χ2n) is 3.88. The molecule has 0 fully saturated rings. The lowest BCUT2D eigenvalue weighted by atomic mass is 9.97. The van der Waals surface area contributed by atoms with Crippen molar-refractivity contribution in [3.8, 4) is 0 Å². The van der Waals surface area contributed by atoms with Gasteiger partial charge in [0.05, 0.1) is 0 Å². The van der Waals surface area contributed by atoms with Crippen LogP contribution in [0.1, 0.15) is 39.5 Å². The molecule has 12 heavy (non-hydrogen) atoms. The van der Waals surface area contributed by atoms with Crippen molar-refractivity contribution in [2.75, 3.05) is 0 Å². The smallest absolute Gasteiger partial charge is 0.134 e. The maximum atomic E-state index is 11.2. The zero-order valence-electron chi connectivity index (χ0n) is 8.10. The molecule has 0 bridgehead atoms. The van der Waals surface area contributed by atoms with E-state index in [9.17, 15) is 4.79 Å². The molecule has 0 unspecified atom stereocenters. The summed E-state index contributed by atoms with van der Waals surface area (Å²) in [6, 6.07) is 0. The van der Waals surface area contributed by atoms with E-state index in [1.54, 1.807) is 0 Å². The largest absolute Gasteiger partial charge is 0.325 e. The van der Waals surface area contributed by atoms with Crippen LogP contribution in [0, 0.1) is 0 Å². The van der Waals surface area contributed by atoms with Gasteiger partial charge in [0.25, 0.3) is 0 Å². The van der Waals surface area contributed by atoms with E-state index in [1.807, 2.05) is 19.9 Å². The van der Waals surface area contributed by atoms with Crippen LogP contribution in [0.25, 0.3) is 0 Å². The molecule has 0 radical (unpaired) electrons. The summed E-state index contributed by atoms with van der Waals surface area (Å²) in [4.78, 5) is 11.2. The monoisotopic (exact) mass is 169 g/mol. The molecule has 0 aromatic carbocycles. The molecule has 0 amide bonds. The van der Waals surface area contributed by atoms with Gasteiger partial charge in [0.15, 0.2) is 0 Å². The molecule has 0 aliphatic heterocycles. The fraction of sp³-hybridized carbons (Fsp3) is 0.700. The Morgan fingerprint density at radius 1 is 1.58 bits per heavy atom. The van der Waals surface area contributed by atoms with E-state index in [0.29, 0.717) is 12.8 Å². The molecule has 2 nitrogen and oxygen atoms in total. The highest BCUT2D eigenvalue weighted by Gasteiger charge is 2.15.